The second kappa shape index (κ2) is 5.64. The minimum absolute atomic E-state index is 0.748. The molecule has 0 saturated carbocycles. The molecule has 0 fully saturated rings. The van der Waals surface area contributed by atoms with E-state index in [1.54, 1.807) is 3.27 Å². The maximum absolute atomic E-state index is 8.80. The number of hydrogen-bond donors (Lipinski definition) is 0. The molecule has 0 bridgehead atoms. The van der Waals surface area contributed by atoms with E-state index in [0.29, 0.717) is 0 Å². The summed E-state index contributed by atoms with van der Waals surface area (Å²) < 4.78 is 3.01. The van der Waals surface area contributed by atoms with Gasteiger partial charge < -0.3 is 0 Å². The molecular formula is C16H15BiN. The molecule has 0 saturated heterocycles. The summed E-state index contributed by atoms with van der Waals surface area (Å²) in [5.41, 5.74) is 4.94. The van der Waals surface area contributed by atoms with Crippen LogP contribution in [-0.4, -0.2) is 23.2 Å². The minimum atomic E-state index is -0.854. The van der Waals surface area contributed by atoms with Crippen LogP contribution in [0.25, 0.3) is 0 Å². The van der Waals surface area contributed by atoms with E-state index in [0.717, 1.165) is 5.56 Å². The van der Waals surface area contributed by atoms with Crippen molar-refractivity contribution in [2.45, 2.75) is 20.8 Å². The van der Waals surface area contributed by atoms with Crippen molar-refractivity contribution in [3.05, 3.63) is 58.7 Å². The van der Waals surface area contributed by atoms with Crippen molar-refractivity contribution in [1.82, 2.24) is 0 Å². The van der Waals surface area contributed by atoms with Gasteiger partial charge in [-0.1, -0.05) is 0 Å². The Hall–Kier alpha value is -1.19. The van der Waals surface area contributed by atoms with Gasteiger partial charge in [-0.05, 0) is 0 Å². The van der Waals surface area contributed by atoms with Crippen molar-refractivity contribution in [2.24, 2.45) is 0 Å². The van der Waals surface area contributed by atoms with Gasteiger partial charge in [0.05, 0.1) is 0 Å². The summed E-state index contributed by atoms with van der Waals surface area (Å²) in [5, 5.41) is 8.80. The van der Waals surface area contributed by atoms with Gasteiger partial charge in [0.15, 0.2) is 0 Å². The van der Waals surface area contributed by atoms with Crippen molar-refractivity contribution in [3.63, 3.8) is 0 Å². The fraction of sp³-hybridized carbons (Fsp3) is 0.188. The van der Waals surface area contributed by atoms with Gasteiger partial charge in [-0.2, -0.15) is 0 Å². The molecule has 0 aliphatic rings. The van der Waals surface area contributed by atoms with Crippen LogP contribution in [0.4, 0.5) is 0 Å². The molecule has 0 heterocycles. The van der Waals surface area contributed by atoms with E-state index in [4.69, 9.17) is 5.26 Å². The molecule has 1 radical (unpaired) electrons. The van der Waals surface area contributed by atoms with Gasteiger partial charge in [0.2, 0.25) is 0 Å². The molecule has 0 spiro atoms. The monoisotopic (exact) mass is 430 g/mol. The van der Waals surface area contributed by atoms with Crippen LogP contribution in [0, 0.1) is 32.1 Å². The molecule has 0 atom stereocenters. The van der Waals surface area contributed by atoms with Crippen molar-refractivity contribution in [3.8, 4) is 6.07 Å². The Labute approximate surface area is 120 Å². The van der Waals surface area contributed by atoms with Crippen LogP contribution in [0.3, 0.4) is 0 Å². The van der Waals surface area contributed by atoms with Crippen LogP contribution in [0.5, 0.6) is 0 Å². The average Bonchev–Trinajstić information content (AvgIpc) is 2.34. The Balaban J connectivity index is 2.31. The Morgan fingerprint density at radius 3 is 2.00 bits per heavy atom. The standard InChI is InChI=1S/C9H11.C7H4N.Bi/c1-7-4-8(2)6-9(3)5-7;8-6-7-4-2-1-3-5-7;/h4-5H,1-3H3;2-5H;. The van der Waals surface area contributed by atoms with Crippen LogP contribution in [0.15, 0.2) is 36.4 Å². The van der Waals surface area contributed by atoms with Gasteiger partial charge in [0.25, 0.3) is 0 Å². The van der Waals surface area contributed by atoms with Crippen LogP contribution in [-0.2, 0) is 0 Å². The summed E-state index contributed by atoms with van der Waals surface area (Å²) in [6.07, 6.45) is 0. The summed E-state index contributed by atoms with van der Waals surface area (Å²) in [4.78, 5) is 0. The van der Waals surface area contributed by atoms with Crippen LogP contribution in [0.1, 0.15) is 22.3 Å². The summed E-state index contributed by atoms with van der Waals surface area (Å²) in [6, 6.07) is 14.8. The molecule has 0 N–H and O–H groups in total. The predicted octanol–water partition coefficient (Wildman–Crippen LogP) is 2.14. The molecule has 2 heteroatoms. The first-order chi connectivity index (χ1) is 8.60. The van der Waals surface area contributed by atoms with E-state index in [2.05, 4.69) is 51.1 Å². The average molecular weight is 430 g/mol. The Morgan fingerprint density at radius 1 is 0.944 bits per heavy atom. The molecule has 0 amide bonds. The van der Waals surface area contributed by atoms with Crippen LogP contribution in [0.2, 0.25) is 0 Å². The summed E-state index contributed by atoms with van der Waals surface area (Å²) in [7, 11) is 0. The van der Waals surface area contributed by atoms with Crippen molar-refractivity contribution in [2.75, 3.05) is 0 Å². The molecule has 2 aromatic rings. The summed E-state index contributed by atoms with van der Waals surface area (Å²) >= 11 is -0.854. The Bertz CT molecular complexity index is 583. The third kappa shape index (κ3) is 2.98. The van der Waals surface area contributed by atoms with Crippen LogP contribution >= 0.6 is 0 Å². The molecule has 0 unspecified atom stereocenters. The third-order valence-electron chi connectivity index (χ3n) is 2.87. The zero-order chi connectivity index (χ0) is 13.1. The number of benzene rings is 2. The van der Waals surface area contributed by atoms with Crippen LogP contribution < -0.4 is 6.54 Å². The van der Waals surface area contributed by atoms with Gasteiger partial charge in [0.1, 0.15) is 0 Å². The van der Waals surface area contributed by atoms with Gasteiger partial charge in [-0.25, -0.2) is 0 Å². The SMILES string of the molecule is Cc1cc(C)[c]([Bi][c]2ccc(C#N)cc2)c(C)c1. The van der Waals surface area contributed by atoms with E-state index in [9.17, 15) is 0 Å². The van der Waals surface area contributed by atoms with Gasteiger partial charge in [0, 0.05) is 0 Å². The molecule has 18 heavy (non-hydrogen) atoms. The molecule has 2 aromatic carbocycles. The number of rotatable bonds is 2. The van der Waals surface area contributed by atoms with Crippen molar-refractivity contribution < 1.29 is 0 Å². The molecule has 1 nitrogen and oxygen atoms in total. The molecule has 89 valence electrons. The molecular weight excluding hydrogens is 415 g/mol. The normalized spacial score (nSPS) is 10.1. The number of nitrogens with zero attached hydrogens (tertiary/aromatic N) is 1. The second-order valence-corrected chi connectivity index (χ2v) is 9.13. The molecule has 0 aromatic heterocycles. The Kier molecular flexibility index (Phi) is 4.15. The fourth-order valence-corrected chi connectivity index (χ4v) is 6.12. The quantitative estimate of drug-likeness (QED) is 0.670. The van der Waals surface area contributed by atoms with E-state index in [1.807, 2.05) is 12.1 Å². The summed E-state index contributed by atoms with van der Waals surface area (Å²) in [5.74, 6) is 0. The molecule has 0 aliphatic carbocycles. The first-order valence-electron chi connectivity index (χ1n) is 5.90. The topological polar surface area (TPSA) is 23.8 Å². The van der Waals surface area contributed by atoms with E-state index in [1.165, 1.54) is 20.0 Å². The fourth-order valence-electron chi connectivity index (χ4n) is 2.09. The molecule has 2 rings (SSSR count). The van der Waals surface area contributed by atoms with Gasteiger partial charge in [-0.15, -0.1) is 0 Å². The first-order valence-corrected chi connectivity index (χ1v) is 9.37. The van der Waals surface area contributed by atoms with E-state index in [-0.39, 0.29) is 0 Å². The molecule has 0 aliphatic heterocycles. The van der Waals surface area contributed by atoms with E-state index < -0.39 is 23.2 Å². The van der Waals surface area contributed by atoms with Gasteiger partial charge >= 0.3 is 121 Å². The van der Waals surface area contributed by atoms with Crippen molar-refractivity contribution in [1.29, 1.82) is 5.26 Å². The predicted molar refractivity (Wildman–Crippen MR) is 76.8 cm³/mol. The number of nitriles is 1. The number of aryl methyl sites for hydroxylation is 3. The first kappa shape index (κ1) is 13.2. The van der Waals surface area contributed by atoms with E-state index >= 15 is 0 Å². The second-order valence-electron chi connectivity index (χ2n) is 4.52. The Morgan fingerprint density at radius 2 is 1.50 bits per heavy atom. The zero-order valence-corrected chi connectivity index (χ0v) is 14.3. The van der Waals surface area contributed by atoms with Crippen molar-refractivity contribution >= 4 is 29.8 Å². The summed E-state index contributed by atoms with van der Waals surface area (Å²) in [6.45, 7) is 6.57. The number of hydrogen-bond acceptors (Lipinski definition) is 1. The zero-order valence-electron chi connectivity index (χ0n) is 10.9. The third-order valence-corrected chi connectivity index (χ3v) is 8.65. The maximum atomic E-state index is 8.80. The van der Waals surface area contributed by atoms with Gasteiger partial charge in [-0.3, -0.25) is 0 Å².